The van der Waals surface area contributed by atoms with E-state index in [1.807, 2.05) is 49.9 Å². The van der Waals surface area contributed by atoms with Crippen molar-refractivity contribution in [3.63, 3.8) is 0 Å². The first-order valence-corrected chi connectivity index (χ1v) is 11.1. The molecule has 2 fully saturated rings. The van der Waals surface area contributed by atoms with Gasteiger partial charge < -0.3 is 15.0 Å². The lowest BCUT2D eigenvalue weighted by Crippen LogP contribution is -2.49. The highest BCUT2D eigenvalue weighted by Crippen LogP contribution is 2.39. The van der Waals surface area contributed by atoms with E-state index in [9.17, 15) is 9.59 Å². The van der Waals surface area contributed by atoms with Gasteiger partial charge in [-0.3, -0.25) is 4.79 Å². The quantitative estimate of drug-likeness (QED) is 0.734. The van der Waals surface area contributed by atoms with Gasteiger partial charge in [-0.15, -0.1) is 0 Å². The Morgan fingerprint density at radius 2 is 1.79 bits per heavy atom. The number of carbonyl (C=O) groups is 2. The molecule has 3 rings (SSSR count). The van der Waals surface area contributed by atoms with Crippen molar-refractivity contribution in [2.45, 2.75) is 76.9 Å². The van der Waals surface area contributed by atoms with Crippen LogP contribution in [0.2, 0.25) is 5.02 Å². The third kappa shape index (κ3) is 6.11. The third-order valence-electron chi connectivity index (χ3n) is 5.87. The molecule has 2 aliphatic rings. The Bertz CT molecular complexity index is 717. The number of piperidine rings is 1. The molecule has 160 valence electrons. The summed E-state index contributed by atoms with van der Waals surface area (Å²) in [6, 6.07) is 7.81. The molecule has 0 aromatic heterocycles. The summed E-state index contributed by atoms with van der Waals surface area (Å²) in [5.41, 5.74) is 0.523. The highest BCUT2D eigenvalue weighted by atomic mass is 35.5. The van der Waals surface area contributed by atoms with Gasteiger partial charge in [0.15, 0.2) is 0 Å². The van der Waals surface area contributed by atoms with Crippen molar-refractivity contribution < 1.29 is 14.3 Å². The molecule has 5 nitrogen and oxygen atoms in total. The number of ether oxygens (including phenoxy) is 1. The number of likely N-dealkylation sites (tertiary alicyclic amines) is 1. The van der Waals surface area contributed by atoms with Gasteiger partial charge in [-0.05, 0) is 70.1 Å². The second-order valence-electron chi connectivity index (χ2n) is 9.32. The molecule has 0 radical (unpaired) electrons. The number of amides is 2. The highest BCUT2D eigenvalue weighted by Gasteiger charge is 2.36. The van der Waals surface area contributed by atoms with E-state index in [2.05, 4.69) is 5.32 Å². The van der Waals surface area contributed by atoms with Gasteiger partial charge in [0.05, 0.1) is 5.92 Å². The predicted octanol–water partition coefficient (Wildman–Crippen LogP) is 5.13. The first-order valence-electron chi connectivity index (χ1n) is 10.8. The van der Waals surface area contributed by atoms with Crippen LogP contribution in [0.5, 0.6) is 0 Å². The summed E-state index contributed by atoms with van der Waals surface area (Å²) in [5.74, 6) is 0.472. The molecule has 1 aromatic carbocycles. The number of hydrogen-bond acceptors (Lipinski definition) is 3. The van der Waals surface area contributed by atoms with E-state index >= 15 is 0 Å². The Balaban J connectivity index is 1.62. The summed E-state index contributed by atoms with van der Waals surface area (Å²) in [4.78, 5) is 27.5. The number of hydrogen-bond donors (Lipinski definition) is 1. The monoisotopic (exact) mass is 420 g/mol. The van der Waals surface area contributed by atoms with Gasteiger partial charge in [-0.25, -0.2) is 4.79 Å². The van der Waals surface area contributed by atoms with Crippen LogP contribution in [0.25, 0.3) is 0 Å². The zero-order valence-electron chi connectivity index (χ0n) is 17.7. The number of halogens is 1. The lowest BCUT2D eigenvalue weighted by atomic mass is 9.83. The maximum absolute atomic E-state index is 13.5. The molecule has 1 heterocycles. The molecular formula is C23H33ClN2O3. The number of alkyl carbamates (subject to hydrolysis) is 1. The van der Waals surface area contributed by atoms with Gasteiger partial charge in [0, 0.05) is 24.2 Å². The van der Waals surface area contributed by atoms with E-state index in [-0.39, 0.29) is 24.0 Å². The van der Waals surface area contributed by atoms with Crippen LogP contribution >= 0.6 is 11.6 Å². The van der Waals surface area contributed by atoms with Gasteiger partial charge in [0.1, 0.15) is 5.60 Å². The Labute approximate surface area is 179 Å². The molecule has 1 saturated carbocycles. The van der Waals surface area contributed by atoms with Crippen LogP contribution in [0.1, 0.15) is 70.8 Å². The average Bonchev–Trinajstić information content (AvgIpc) is 3.15. The Kier molecular flexibility index (Phi) is 7.10. The van der Waals surface area contributed by atoms with E-state index in [4.69, 9.17) is 16.3 Å². The van der Waals surface area contributed by atoms with Crippen molar-refractivity contribution in [1.29, 1.82) is 0 Å². The maximum Gasteiger partial charge on any atom is 0.407 e. The number of benzene rings is 1. The van der Waals surface area contributed by atoms with Gasteiger partial charge >= 0.3 is 6.09 Å². The van der Waals surface area contributed by atoms with Crippen molar-refractivity contribution in [1.82, 2.24) is 10.2 Å². The first kappa shape index (κ1) is 21.9. The number of carbonyl (C=O) groups excluding carboxylic acids is 2. The van der Waals surface area contributed by atoms with Crippen molar-refractivity contribution >= 4 is 23.6 Å². The summed E-state index contributed by atoms with van der Waals surface area (Å²) in [5, 5.41) is 3.62. The van der Waals surface area contributed by atoms with Gasteiger partial charge in [-0.2, -0.15) is 0 Å². The molecule has 0 spiro atoms. The van der Waals surface area contributed by atoms with E-state index in [0.717, 1.165) is 31.2 Å². The summed E-state index contributed by atoms with van der Waals surface area (Å²) in [7, 11) is 0. The molecule has 1 aromatic rings. The topological polar surface area (TPSA) is 58.6 Å². The second kappa shape index (κ2) is 9.38. The molecule has 1 N–H and O–H groups in total. The smallest absolute Gasteiger partial charge is 0.407 e. The Morgan fingerprint density at radius 3 is 2.38 bits per heavy atom. The SMILES string of the molecule is CC(C)(C)OC(=O)NC1CCN(C(=O)C(c2cccc(Cl)c2)C2CCCC2)CC1. The summed E-state index contributed by atoms with van der Waals surface area (Å²) in [6.07, 6.45) is 5.69. The fourth-order valence-electron chi connectivity index (χ4n) is 4.52. The minimum Gasteiger partial charge on any atom is -0.444 e. The van der Waals surface area contributed by atoms with E-state index in [1.54, 1.807) is 0 Å². The van der Waals surface area contributed by atoms with E-state index < -0.39 is 5.60 Å². The maximum atomic E-state index is 13.5. The number of rotatable bonds is 4. The van der Waals surface area contributed by atoms with Crippen molar-refractivity contribution in [3.8, 4) is 0 Å². The number of nitrogens with zero attached hydrogens (tertiary/aromatic N) is 1. The molecule has 1 saturated heterocycles. The Hall–Kier alpha value is -1.75. The van der Waals surface area contributed by atoms with Crippen LogP contribution in [0, 0.1) is 5.92 Å². The molecule has 6 heteroatoms. The lowest BCUT2D eigenvalue weighted by Gasteiger charge is -2.36. The average molecular weight is 421 g/mol. The van der Waals surface area contributed by atoms with Gasteiger partial charge in [0.2, 0.25) is 5.91 Å². The van der Waals surface area contributed by atoms with Crippen molar-refractivity contribution in [3.05, 3.63) is 34.9 Å². The molecule has 29 heavy (non-hydrogen) atoms. The van der Waals surface area contributed by atoms with Crippen LogP contribution in [0.15, 0.2) is 24.3 Å². The first-order chi connectivity index (χ1) is 13.7. The minimum absolute atomic E-state index is 0.0463. The van der Waals surface area contributed by atoms with E-state index in [1.165, 1.54) is 12.8 Å². The fraction of sp³-hybridized carbons (Fsp3) is 0.652. The minimum atomic E-state index is -0.508. The summed E-state index contributed by atoms with van der Waals surface area (Å²) < 4.78 is 5.35. The predicted molar refractivity (Wildman–Crippen MR) is 115 cm³/mol. The molecule has 0 bridgehead atoms. The van der Waals surface area contributed by atoms with Gasteiger partial charge in [0.25, 0.3) is 0 Å². The molecule has 1 unspecified atom stereocenters. The molecule has 1 aliphatic heterocycles. The standard InChI is InChI=1S/C23H33ClN2O3/c1-23(2,3)29-22(28)25-19-11-13-26(14-12-19)21(27)20(16-7-4-5-8-16)17-9-6-10-18(24)15-17/h6,9-10,15-16,19-20H,4-5,7-8,11-14H2,1-3H3,(H,25,28). The normalized spacial score (nSPS) is 19.8. The molecule has 1 aliphatic carbocycles. The van der Waals surface area contributed by atoms with Crippen LogP contribution in [0.3, 0.4) is 0 Å². The van der Waals surface area contributed by atoms with Crippen LogP contribution in [-0.2, 0) is 9.53 Å². The highest BCUT2D eigenvalue weighted by molar-refractivity contribution is 6.30. The second-order valence-corrected chi connectivity index (χ2v) is 9.76. The lowest BCUT2D eigenvalue weighted by molar-refractivity contribution is -0.135. The fourth-order valence-corrected chi connectivity index (χ4v) is 4.72. The zero-order chi connectivity index (χ0) is 21.0. The zero-order valence-corrected chi connectivity index (χ0v) is 18.5. The summed E-state index contributed by atoms with van der Waals surface area (Å²) >= 11 is 6.22. The van der Waals surface area contributed by atoms with Crippen molar-refractivity contribution in [2.75, 3.05) is 13.1 Å². The molecule has 1 atom stereocenters. The largest absolute Gasteiger partial charge is 0.444 e. The number of nitrogens with one attached hydrogen (secondary N) is 1. The van der Waals surface area contributed by atoms with Crippen molar-refractivity contribution in [2.24, 2.45) is 5.92 Å². The van der Waals surface area contributed by atoms with Crippen LogP contribution < -0.4 is 5.32 Å². The van der Waals surface area contributed by atoms with E-state index in [0.29, 0.717) is 24.0 Å². The third-order valence-corrected chi connectivity index (χ3v) is 6.11. The van der Waals surface area contributed by atoms with Crippen LogP contribution in [0.4, 0.5) is 4.79 Å². The molecular weight excluding hydrogens is 388 g/mol. The Morgan fingerprint density at radius 1 is 1.14 bits per heavy atom. The molecule has 2 amide bonds. The summed E-state index contributed by atoms with van der Waals surface area (Å²) in [6.45, 7) is 6.87. The van der Waals surface area contributed by atoms with Crippen LogP contribution in [-0.4, -0.2) is 41.6 Å². The van der Waals surface area contributed by atoms with Gasteiger partial charge in [-0.1, -0.05) is 36.6 Å².